The highest BCUT2D eigenvalue weighted by molar-refractivity contribution is 5.79. The number of benzene rings is 2. The SMILES string of the molecule is Cc1ccc(CON=Cc2ccc(C(F)F)cc2)cc1. The molecule has 0 unspecified atom stereocenters. The molecular weight excluding hydrogens is 260 g/mol. The largest absolute Gasteiger partial charge is 0.391 e. The molecule has 0 aliphatic rings. The van der Waals surface area contributed by atoms with E-state index in [1.165, 1.54) is 23.9 Å². The maximum atomic E-state index is 12.4. The smallest absolute Gasteiger partial charge is 0.263 e. The first-order valence-corrected chi connectivity index (χ1v) is 6.24. The third-order valence-corrected chi connectivity index (χ3v) is 2.82. The Bertz CT molecular complexity index is 562. The summed E-state index contributed by atoms with van der Waals surface area (Å²) in [6, 6.07) is 13.9. The summed E-state index contributed by atoms with van der Waals surface area (Å²) < 4.78 is 24.7. The Morgan fingerprint density at radius 2 is 1.70 bits per heavy atom. The fraction of sp³-hybridized carbons (Fsp3) is 0.188. The van der Waals surface area contributed by atoms with E-state index in [0.717, 1.165) is 11.1 Å². The molecule has 0 bridgehead atoms. The number of oxime groups is 1. The van der Waals surface area contributed by atoms with Crippen LogP contribution in [0.15, 0.2) is 53.7 Å². The van der Waals surface area contributed by atoms with Crippen LogP contribution in [0.5, 0.6) is 0 Å². The minimum atomic E-state index is -2.45. The molecule has 0 aliphatic carbocycles. The Morgan fingerprint density at radius 3 is 2.30 bits per heavy atom. The molecule has 0 saturated carbocycles. The molecule has 0 saturated heterocycles. The quantitative estimate of drug-likeness (QED) is 0.582. The average Bonchev–Trinajstić information content (AvgIpc) is 2.46. The Kier molecular flexibility index (Phi) is 4.82. The average molecular weight is 275 g/mol. The number of halogens is 2. The van der Waals surface area contributed by atoms with E-state index < -0.39 is 6.43 Å². The third-order valence-electron chi connectivity index (χ3n) is 2.82. The summed E-state index contributed by atoms with van der Waals surface area (Å²) in [5, 5.41) is 3.82. The zero-order valence-corrected chi connectivity index (χ0v) is 11.1. The Balaban J connectivity index is 1.85. The Morgan fingerprint density at radius 1 is 1.05 bits per heavy atom. The third kappa shape index (κ3) is 4.16. The molecule has 2 nitrogen and oxygen atoms in total. The molecule has 104 valence electrons. The van der Waals surface area contributed by atoms with Crippen LogP contribution in [-0.2, 0) is 11.4 Å². The van der Waals surface area contributed by atoms with Gasteiger partial charge >= 0.3 is 0 Å². The lowest BCUT2D eigenvalue weighted by Crippen LogP contribution is -1.89. The molecule has 4 heteroatoms. The monoisotopic (exact) mass is 275 g/mol. The molecule has 0 N–H and O–H groups in total. The number of nitrogens with zero attached hydrogens (tertiary/aromatic N) is 1. The van der Waals surface area contributed by atoms with Crippen molar-refractivity contribution in [1.82, 2.24) is 0 Å². The Labute approximate surface area is 116 Å². The molecule has 20 heavy (non-hydrogen) atoms. The molecular formula is C16H15F2NO. The number of hydrogen-bond donors (Lipinski definition) is 0. The second kappa shape index (κ2) is 6.80. The van der Waals surface area contributed by atoms with Gasteiger partial charge in [0.05, 0.1) is 6.21 Å². The van der Waals surface area contributed by atoms with Gasteiger partial charge in [-0.2, -0.15) is 0 Å². The standard InChI is InChI=1S/C16H15F2NO/c1-12-2-4-14(5-3-12)11-20-19-10-13-6-8-15(9-7-13)16(17)18/h2-10,16H,11H2,1H3. The van der Waals surface area contributed by atoms with E-state index in [0.29, 0.717) is 6.61 Å². The van der Waals surface area contributed by atoms with E-state index in [-0.39, 0.29) is 5.56 Å². The van der Waals surface area contributed by atoms with Crippen molar-refractivity contribution >= 4 is 6.21 Å². The van der Waals surface area contributed by atoms with Crippen LogP contribution >= 0.6 is 0 Å². The lowest BCUT2D eigenvalue weighted by atomic mass is 10.1. The summed E-state index contributed by atoms with van der Waals surface area (Å²) in [5.41, 5.74) is 2.94. The van der Waals surface area contributed by atoms with Crippen molar-refractivity contribution in [2.24, 2.45) is 5.16 Å². The van der Waals surface area contributed by atoms with E-state index in [2.05, 4.69) is 5.16 Å². The van der Waals surface area contributed by atoms with E-state index >= 15 is 0 Å². The molecule has 0 radical (unpaired) electrons. The van der Waals surface area contributed by atoms with Gasteiger partial charge in [0.25, 0.3) is 6.43 Å². The summed E-state index contributed by atoms with van der Waals surface area (Å²) >= 11 is 0. The molecule has 0 heterocycles. The highest BCUT2D eigenvalue weighted by atomic mass is 19.3. The first kappa shape index (κ1) is 14.2. The van der Waals surface area contributed by atoms with Gasteiger partial charge in [0.1, 0.15) is 6.61 Å². The van der Waals surface area contributed by atoms with Crippen molar-refractivity contribution in [3.63, 3.8) is 0 Å². The topological polar surface area (TPSA) is 21.6 Å². The fourth-order valence-corrected chi connectivity index (χ4v) is 1.62. The normalized spacial score (nSPS) is 11.2. The fourth-order valence-electron chi connectivity index (χ4n) is 1.62. The minimum absolute atomic E-state index is 0.00252. The van der Waals surface area contributed by atoms with Crippen LogP contribution in [0.2, 0.25) is 0 Å². The van der Waals surface area contributed by atoms with E-state index in [1.807, 2.05) is 31.2 Å². The highest BCUT2D eigenvalue weighted by Gasteiger charge is 2.04. The van der Waals surface area contributed by atoms with Crippen molar-refractivity contribution < 1.29 is 13.6 Å². The minimum Gasteiger partial charge on any atom is -0.391 e. The van der Waals surface area contributed by atoms with Gasteiger partial charge in [-0.1, -0.05) is 59.3 Å². The van der Waals surface area contributed by atoms with Gasteiger partial charge in [-0.05, 0) is 18.1 Å². The molecule has 0 aliphatic heterocycles. The van der Waals surface area contributed by atoms with Gasteiger partial charge in [-0.15, -0.1) is 0 Å². The number of alkyl halides is 2. The first-order valence-electron chi connectivity index (χ1n) is 6.24. The van der Waals surface area contributed by atoms with E-state index in [4.69, 9.17) is 4.84 Å². The van der Waals surface area contributed by atoms with Crippen LogP contribution in [0, 0.1) is 6.92 Å². The van der Waals surface area contributed by atoms with Gasteiger partial charge in [-0.3, -0.25) is 0 Å². The molecule has 2 aromatic rings. The maximum Gasteiger partial charge on any atom is 0.263 e. The van der Waals surface area contributed by atoms with Crippen molar-refractivity contribution in [1.29, 1.82) is 0 Å². The molecule has 0 atom stereocenters. The molecule has 0 spiro atoms. The maximum absolute atomic E-state index is 12.4. The zero-order valence-electron chi connectivity index (χ0n) is 11.1. The summed E-state index contributed by atoms with van der Waals surface area (Å²) in [6.07, 6.45) is -0.942. The van der Waals surface area contributed by atoms with Crippen LogP contribution < -0.4 is 0 Å². The van der Waals surface area contributed by atoms with Gasteiger partial charge in [0.15, 0.2) is 0 Å². The highest BCUT2D eigenvalue weighted by Crippen LogP contribution is 2.18. The Hall–Kier alpha value is -2.23. The second-order valence-corrected chi connectivity index (χ2v) is 4.46. The molecule has 2 aromatic carbocycles. The first-order chi connectivity index (χ1) is 9.65. The van der Waals surface area contributed by atoms with Crippen molar-refractivity contribution in [2.75, 3.05) is 0 Å². The van der Waals surface area contributed by atoms with Crippen molar-refractivity contribution in [3.05, 3.63) is 70.8 Å². The number of rotatable bonds is 5. The predicted octanol–water partition coefficient (Wildman–Crippen LogP) is 4.48. The van der Waals surface area contributed by atoms with Crippen LogP contribution in [0.25, 0.3) is 0 Å². The molecule has 0 amide bonds. The van der Waals surface area contributed by atoms with Crippen LogP contribution in [0.1, 0.15) is 28.7 Å². The number of hydrogen-bond acceptors (Lipinski definition) is 2. The van der Waals surface area contributed by atoms with E-state index in [9.17, 15) is 8.78 Å². The van der Waals surface area contributed by atoms with E-state index in [1.54, 1.807) is 12.1 Å². The molecule has 0 aromatic heterocycles. The summed E-state index contributed by atoms with van der Waals surface area (Å²) in [5.74, 6) is 0. The van der Waals surface area contributed by atoms with Gasteiger partial charge in [0, 0.05) is 5.56 Å². The molecule has 0 fully saturated rings. The molecule has 2 rings (SSSR count). The van der Waals surface area contributed by atoms with Gasteiger partial charge < -0.3 is 4.84 Å². The van der Waals surface area contributed by atoms with Crippen molar-refractivity contribution in [2.45, 2.75) is 20.0 Å². The van der Waals surface area contributed by atoms with Gasteiger partial charge in [0.2, 0.25) is 0 Å². The van der Waals surface area contributed by atoms with Crippen LogP contribution in [0.4, 0.5) is 8.78 Å². The summed E-state index contributed by atoms with van der Waals surface area (Å²) in [6.45, 7) is 2.40. The van der Waals surface area contributed by atoms with Crippen LogP contribution in [0.3, 0.4) is 0 Å². The van der Waals surface area contributed by atoms with Gasteiger partial charge in [-0.25, -0.2) is 8.78 Å². The second-order valence-electron chi connectivity index (χ2n) is 4.46. The predicted molar refractivity (Wildman–Crippen MR) is 75.0 cm³/mol. The zero-order chi connectivity index (χ0) is 14.4. The summed E-state index contributed by atoms with van der Waals surface area (Å²) in [7, 11) is 0. The number of aryl methyl sites for hydroxylation is 1. The summed E-state index contributed by atoms with van der Waals surface area (Å²) in [4.78, 5) is 5.16. The lowest BCUT2D eigenvalue weighted by Gasteiger charge is -2.01. The van der Waals surface area contributed by atoms with Crippen molar-refractivity contribution in [3.8, 4) is 0 Å². The van der Waals surface area contributed by atoms with Crippen LogP contribution in [-0.4, -0.2) is 6.21 Å². The lowest BCUT2D eigenvalue weighted by molar-refractivity contribution is 0.132.